The minimum atomic E-state index is -0.159. The van der Waals surface area contributed by atoms with E-state index in [1.54, 1.807) is 4.90 Å². The lowest BCUT2D eigenvalue weighted by Crippen LogP contribution is -3.14. The Balaban J connectivity index is 1.34. The summed E-state index contributed by atoms with van der Waals surface area (Å²) in [7, 11) is 0. The number of carbonyl (C=O) groups excluding carboxylic acids is 1. The van der Waals surface area contributed by atoms with Crippen LogP contribution in [-0.4, -0.2) is 18.9 Å². The van der Waals surface area contributed by atoms with Gasteiger partial charge in [0.05, 0.1) is 23.9 Å². The maximum absolute atomic E-state index is 14.0. The average Bonchev–Trinajstić information content (AvgIpc) is 3.70. The third kappa shape index (κ3) is 2.78. The number of carbonyl (C=O) groups is 1. The van der Waals surface area contributed by atoms with E-state index < -0.39 is 0 Å². The highest BCUT2D eigenvalue weighted by atomic mass is 16.1. The van der Waals surface area contributed by atoms with Crippen molar-refractivity contribution >= 4 is 5.78 Å². The fourth-order valence-corrected chi connectivity index (χ4v) is 6.37. The van der Waals surface area contributed by atoms with Crippen molar-refractivity contribution in [3.8, 4) is 0 Å². The third-order valence-corrected chi connectivity index (χ3v) is 7.89. The first kappa shape index (κ1) is 18.1. The summed E-state index contributed by atoms with van der Waals surface area (Å²) in [5, 5.41) is 0. The molecule has 1 unspecified atom stereocenters. The zero-order chi connectivity index (χ0) is 20.2. The van der Waals surface area contributed by atoms with Crippen LogP contribution in [0.1, 0.15) is 41.4 Å². The second-order valence-electron chi connectivity index (χ2n) is 9.74. The van der Waals surface area contributed by atoms with Crippen LogP contribution < -0.4 is 4.90 Å². The van der Waals surface area contributed by atoms with Gasteiger partial charge in [0, 0.05) is 17.4 Å². The number of hydrogen-bond donors (Lipinski definition) is 1. The van der Waals surface area contributed by atoms with Crippen molar-refractivity contribution in [2.75, 3.05) is 13.1 Å². The van der Waals surface area contributed by atoms with E-state index in [1.165, 1.54) is 16.7 Å². The smallest absolute Gasteiger partial charge is 0.157 e. The molecule has 1 N–H and O–H groups in total. The van der Waals surface area contributed by atoms with Gasteiger partial charge >= 0.3 is 0 Å². The summed E-state index contributed by atoms with van der Waals surface area (Å²) < 4.78 is 0. The predicted molar refractivity (Wildman–Crippen MR) is 118 cm³/mol. The third-order valence-electron chi connectivity index (χ3n) is 7.89. The molecule has 3 aromatic carbocycles. The highest BCUT2D eigenvalue weighted by molar-refractivity contribution is 5.98. The van der Waals surface area contributed by atoms with Crippen molar-refractivity contribution in [2.45, 2.75) is 31.2 Å². The second-order valence-corrected chi connectivity index (χ2v) is 9.74. The van der Waals surface area contributed by atoms with E-state index in [-0.39, 0.29) is 10.8 Å². The molecule has 2 nitrogen and oxygen atoms in total. The van der Waals surface area contributed by atoms with E-state index in [2.05, 4.69) is 91.0 Å². The van der Waals surface area contributed by atoms with Gasteiger partial charge in [-0.15, -0.1) is 0 Å². The Morgan fingerprint density at radius 2 is 1.10 bits per heavy atom. The Kier molecular flexibility index (Phi) is 4.01. The normalized spacial score (nSPS) is 34.3. The van der Waals surface area contributed by atoms with E-state index >= 15 is 0 Å². The topological polar surface area (TPSA) is 21.5 Å². The Morgan fingerprint density at radius 3 is 1.57 bits per heavy atom. The first-order chi connectivity index (χ1) is 14.7. The number of likely N-dealkylation sites (tertiary alicyclic amines) is 1. The summed E-state index contributed by atoms with van der Waals surface area (Å²) in [6.45, 7) is 2.97. The molecule has 2 heteroatoms. The number of benzene rings is 3. The molecule has 150 valence electrons. The summed E-state index contributed by atoms with van der Waals surface area (Å²) in [6, 6.07) is 32.3. The first-order valence-corrected chi connectivity index (χ1v) is 11.2. The summed E-state index contributed by atoms with van der Waals surface area (Å²) >= 11 is 0. The molecule has 0 amide bonds. The van der Waals surface area contributed by atoms with Crippen molar-refractivity contribution in [2.24, 2.45) is 10.8 Å². The maximum atomic E-state index is 14.0. The molecule has 0 aromatic heterocycles. The van der Waals surface area contributed by atoms with Crippen LogP contribution in [0.25, 0.3) is 0 Å². The molecule has 6 rings (SSSR count). The number of piperidine rings is 1. The number of quaternary nitrogens is 1. The van der Waals surface area contributed by atoms with Gasteiger partial charge in [-0.05, 0) is 24.0 Å². The van der Waals surface area contributed by atoms with Gasteiger partial charge in [-0.1, -0.05) is 91.0 Å². The van der Waals surface area contributed by atoms with E-state index in [1.807, 2.05) is 0 Å². The fourth-order valence-electron chi connectivity index (χ4n) is 6.37. The lowest BCUT2D eigenvalue weighted by Gasteiger charge is -2.36. The van der Waals surface area contributed by atoms with Gasteiger partial charge in [0.25, 0.3) is 0 Å². The van der Waals surface area contributed by atoms with Crippen molar-refractivity contribution < 1.29 is 9.69 Å². The molecule has 3 aromatic rings. The van der Waals surface area contributed by atoms with Crippen LogP contribution in [-0.2, 0) is 11.3 Å². The average molecular weight is 395 g/mol. The molecule has 3 fully saturated rings. The lowest BCUT2D eigenvalue weighted by atomic mass is 9.77. The largest absolute Gasteiger partial charge is 0.329 e. The van der Waals surface area contributed by atoms with Crippen molar-refractivity contribution in [1.29, 1.82) is 0 Å². The van der Waals surface area contributed by atoms with Gasteiger partial charge in [0.15, 0.2) is 5.78 Å². The SMILES string of the molecule is O=C1[C@]2(C[C@@H]2c2ccccc2)C[NH+](Cc2ccccc2)C[C@]12C[C@@H]2c1ccccc1. The number of Topliss-reactive ketones (excluding diaryl/α,β-unsaturated/α-hetero) is 1. The molecule has 2 saturated carbocycles. The van der Waals surface area contributed by atoms with Gasteiger partial charge in [0.2, 0.25) is 0 Å². The minimum Gasteiger partial charge on any atom is -0.329 e. The molecular formula is C28H28NO+. The van der Waals surface area contributed by atoms with E-state index in [4.69, 9.17) is 0 Å². The zero-order valence-corrected chi connectivity index (χ0v) is 17.3. The number of ketones is 1. The molecule has 1 aliphatic heterocycles. The molecular weight excluding hydrogens is 366 g/mol. The Morgan fingerprint density at radius 1 is 0.667 bits per heavy atom. The molecule has 2 spiro atoms. The van der Waals surface area contributed by atoms with Crippen LogP contribution in [0.3, 0.4) is 0 Å². The van der Waals surface area contributed by atoms with Crippen LogP contribution in [0.4, 0.5) is 0 Å². The fraction of sp³-hybridized carbons (Fsp3) is 0.321. The van der Waals surface area contributed by atoms with Gasteiger partial charge in [0.1, 0.15) is 6.54 Å². The standard InChI is InChI=1S/C28H27NO/c30-26-27(16-24(27)22-12-6-2-7-13-22)19-29(18-21-10-4-1-5-11-21)20-28(26)17-25(28)23-14-8-3-9-15-23/h1-15,24-25H,16-20H2/p+1/t24-,25-,27-,28+/m1/s1. The molecule has 3 aliphatic rings. The van der Waals surface area contributed by atoms with Crippen LogP contribution in [0, 0.1) is 10.8 Å². The first-order valence-electron chi connectivity index (χ1n) is 11.2. The van der Waals surface area contributed by atoms with Crippen molar-refractivity contribution in [3.63, 3.8) is 0 Å². The number of hydrogen-bond acceptors (Lipinski definition) is 1. The Hall–Kier alpha value is -2.71. The van der Waals surface area contributed by atoms with Crippen LogP contribution in [0.2, 0.25) is 0 Å². The van der Waals surface area contributed by atoms with E-state index in [0.29, 0.717) is 17.6 Å². The molecule has 0 bridgehead atoms. The quantitative estimate of drug-likeness (QED) is 0.710. The number of rotatable bonds is 4. The van der Waals surface area contributed by atoms with Crippen molar-refractivity contribution in [3.05, 3.63) is 108 Å². The molecule has 5 atom stereocenters. The second kappa shape index (κ2) is 6.65. The molecule has 2 aliphatic carbocycles. The highest BCUT2D eigenvalue weighted by Crippen LogP contribution is 2.70. The lowest BCUT2D eigenvalue weighted by molar-refractivity contribution is -0.924. The van der Waals surface area contributed by atoms with E-state index in [9.17, 15) is 4.79 Å². The van der Waals surface area contributed by atoms with Gasteiger partial charge in [-0.2, -0.15) is 0 Å². The van der Waals surface area contributed by atoms with Crippen LogP contribution in [0.15, 0.2) is 91.0 Å². The Labute approximate surface area is 178 Å². The molecule has 1 saturated heterocycles. The summed E-state index contributed by atoms with van der Waals surface area (Å²) in [4.78, 5) is 15.6. The molecule has 1 heterocycles. The van der Waals surface area contributed by atoms with E-state index in [0.717, 1.165) is 32.5 Å². The Bertz CT molecular complexity index is 998. The van der Waals surface area contributed by atoms with Crippen molar-refractivity contribution in [1.82, 2.24) is 0 Å². The maximum Gasteiger partial charge on any atom is 0.157 e. The molecule has 30 heavy (non-hydrogen) atoms. The summed E-state index contributed by atoms with van der Waals surface area (Å²) in [6.07, 6.45) is 2.05. The van der Waals surface area contributed by atoms with Crippen LogP contribution in [0.5, 0.6) is 0 Å². The zero-order valence-electron chi connectivity index (χ0n) is 17.3. The summed E-state index contributed by atoms with van der Waals surface area (Å²) in [5.41, 5.74) is 3.75. The predicted octanol–water partition coefficient (Wildman–Crippen LogP) is 4.00. The monoisotopic (exact) mass is 394 g/mol. The minimum absolute atomic E-state index is 0.159. The van der Waals surface area contributed by atoms with Gasteiger partial charge < -0.3 is 4.90 Å². The number of nitrogens with one attached hydrogen (secondary N) is 1. The molecule has 0 radical (unpaired) electrons. The van der Waals surface area contributed by atoms with Crippen LogP contribution >= 0.6 is 0 Å². The summed E-state index contributed by atoms with van der Waals surface area (Å²) in [5.74, 6) is 1.35. The van der Waals surface area contributed by atoms with Gasteiger partial charge in [-0.3, -0.25) is 4.79 Å². The van der Waals surface area contributed by atoms with Gasteiger partial charge in [-0.25, -0.2) is 0 Å². The highest BCUT2D eigenvalue weighted by Gasteiger charge is 2.76.